The number of hydrogen-bond acceptors (Lipinski definition) is 3. The Kier molecular flexibility index (Phi) is 5.87. The molecule has 0 radical (unpaired) electrons. The van der Waals surface area contributed by atoms with E-state index in [2.05, 4.69) is 21.2 Å². The third kappa shape index (κ3) is 4.87. The van der Waals surface area contributed by atoms with Crippen LogP contribution in [0, 0.1) is 13.8 Å². The molecular formula is C13H16BrNO3S. The Morgan fingerprint density at radius 1 is 1.37 bits per heavy atom. The van der Waals surface area contributed by atoms with Crippen molar-refractivity contribution >= 4 is 39.6 Å². The summed E-state index contributed by atoms with van der Waals surface area (Å²) in [6.07, 6.45) is 0. The van der Waals surface area contributed by atoms with Gasteiger partial charge < -0.3 is 10.4 Å². The lowest BCUT2D eigenvalue weighted by atomic mass is 10.2. The number of aryl methyl sites for hydroxylation is 2. The molecule has 1 aromatic rings. The molecule has 0 aliphatic rings. The minimum atomic E-state index is -1.03. The van der Waals surface area contributed by atoms with Crippen LogP contribution in [0.5, 0.6) is 0 Å². The van der Waals surface area contributed by atoms with Crippen LogP contribution in [0.25, 0.3) is 0 Å². The van der Waals surface area contributed by atoms with Crippen LogP contribution >= 0.6 is 27.7 Å². The van der Waals surface area contributed by atoms with E-state index in [1.165, 1.54) is 18.7 Å². The lowest BCUT2D eigenvalue weighted by Gasteiger charge is -2.11. The molecule has 0 aliphatic carbocycles. The van der Waals surface area contributed by atoms with Crippen LogP contribution in [0.2, 0.25) is 0 Å². The van der Waals surface area contributed by atoms with Gasteiger partial charge in [0.2, 0.25) is 5.91 Å². The van der Waals surface area contributed by atoms with E-state index in [0.29, 0.717) is 0 Å². The molecule has 1 unspecified atom stereocenters. The molecule has 0 saturated heterocycles. The first kappa shape index (κ1) is 16.0. The number of halogens is 1. The maximum absolute atomic E-state index is 11.6. The molecule has 2 N–H and O–H groups in total. The molecule has 0 bridgehead atoms. The average Bonchev–Trinajstić information content (AvgIpc) is 2.32. The number of aliphatic carboxylic acids is 1. The lowest BCUT2D eigenvalue weighted by Crippen LogP contribution is -2.39. The molecule has 1 amide bonds. The van der Waals surface area contributed by atoms with Gasteiger partial charge in [0.1, 0.15) is 6.04 Å². The first-order valence-electron chi connectivity index (χ1n) is 5.73. The van der Waals surface area contributed by atoms with Crippen molar-refractivity contribution in [3.8, 4) is 0 Å². The molecule has 4 nitrogen and oxygen atoms in total. The molecule has 0 fully saturated rings. The van der Waals surface area contributed by atoms with E-state index in [-0.39, 0.29) is 11.7 Å². The molecule has 1 atom stereocenters. The smallest absolute Gasteiger partial charge is 0.325 e. The second kappa shape index (κ2) is 6.96. The summed E-state index contributed by atoms with van der Waals surface area (Å²) in [5, 5.41) is 11.1. The van der Waals surface area contributed by atoms with Crippen molar-refractivity contribution in [2.75, 3.05) is 5.75 Å². The highest BCUT2D eigenvalue weighted by Crippen LogP contribution is 2.28. The number of thioether (sulfide) groups is 1. The normalized spacial score (nSPS) is 12.0. The molecule has 0 aliphatic heterocycles. The van der Waals surface area contributed by atoms with Crippen LogP contribution in [0.15, 0.2) is 21.5 Å². The van der Waals surface area contributed by atoms with Crippen molar-refractivity contribution in [3.05, 3.63) is 27.7 Å². The van der Waals surface area contributed by atoms with Crippen LogP contribution in [-0.2, 0) is 9.59 Å². The number of carboxylic acid groups (broad SMARTS) is 1. The first-order chi connectivity index (χ1) is 8.81. The zero-order valence-corrected chi connectivity index (χ0v) is 13.4. The van der Waals surface area contributed by atoms with Gasteiger partial charge in [-0.15, -0.1) is 11.8 Å². The standard InChI is InChI=1S/C13H16BrNO3S/c1-7-5-11(8(2)4-10(7)14)19-6-12(16)15-9(3)13(17)18/h4-5,9H,6H2,1-3H3,(H,15,16)(H,17,18). The summed E-state index contributed by atoms with van der Waals surface area (Å²) in [5.41, 5.74) is 2.19. The summed E-state index contributed by atoms with van der Waals surface area (Å²) in [6.45, 7) is 5.41. The van der Waals surface area contributed by atoms with E-state index < -0.39 is 12.0 Å². The lowest BCUT2D eigenvalue weighted by molar-refractivity contribution is -0.140. The fourth-order valence-corrected chi connectivity index (χ4v) is 2.77. The topological polar surface area (TPSA) is 66.4 Å². The predicted molar refractivity (Wildman–Crippen MR) is 79.6 cm³/mol. The third-order valence-corrected chi connectivity index (χ3v) is 4.57. The molecule has 6 heteroatoms. The second-order valence-electron chi connectivity index (χ2n) is 4.28. The average molecular weight is 346 g/mol. The summed E-state index contributed by atoms with van der Waals surface area (Å²) in [7, 11) is 0. The van der Waals surface area contributed by atoms with Gasteiger partial charge in [-0.05, 0) is 44.0 Å². The SMILES string of the molecule is Cc1cc(SCC(=O)NC(C)C(=O)O)c(C)cc1Br. The minimum absolute atomic E-state index is 0.208. The van der Waals surface area contributed by atoms with E-state index in [0.717, 1.165) is 20.5 Å². The van der Waals surface area contributed by atoms with Gasteiger partial charge in [-0.1, -0.05) is 15.9 Å². The van der Waals surface area contributed by atoms with Gasteiger partial charge in [0.05, 0.1) is 5.75 Å². The fraction of sp³-hybridized carbons (Fsp3) is 0.385. The van der Waals surface area contributed by atoms with Crippen molar-refractivity contribution < 1.29 is 14.7 Å². The molecule has 0 aromatic heterocycles. The molecule has 19 heavy (non-hydrogen) atoms. The van der Waals surface area contributed by atoms with E-state index in [4.69, 9.17) is 5.11 Å². The Morgan fingerprint density at radius 2 is 2.00 bits per heavy atom. The highest BCUT2D eigenvalue weighted by Gasteiger charge is 2.14. The molecule has 0 spiro atoms. The van der Waals surface area contributed by atoms with E-state index in [9.17, 15) is 9.59 Å². The maximum atomic E-state index is 11.6. The number of hydrogen-bond donors (Lipinski definition) is 2. The molecule has 0 saturated carbocycles. The number of nitrogens with one attached hydrogen (secondary N) is 1. The Labute approximate surface area is 125 Å². The third-order valence-electron chi connectivity index (χ3n) is 2.56. The zero-order chi connectivity index (χ0) is 14.6. The Balaban J connectivity index is 2.60. The van der Waals surface area contributed by atoms with Gasteiger partial charge in [0.25, 0.3) is 0 Å². The zero-order valence-electron chi connectivity index (χ0n) is 11.0. The quantitative estimate of drug-likeness (QED) is 0.805. The summed E-state index contributed by atoms with van der Waals surface area (Å²) in [5.74, 6) is -1.10. The van der Waals surface area contributed by atoms with Gasteiger partial charge >= 0.3 is 5.97 Å². The largest absolute Gasteiger partial charge is 0.480 e. The highest BCUT2D eigenvalue weighted by atomic mass is 79.9. The van der Waals surface area contributed by atoms with Gasteiger partial charge in [-0.2, -0.15) is 0 Å². The van der Waals surface area contributed by atoms with E-state index in [1.807, 2.05) is 26.0 Å². The Hall–Kier alpha value is -1.01. The molecule has 1 aromatic carbocycles. The highest BCUT2D eigenvalue weighted by molar-refractivity contribution is 9.10. The molecule has 0 heterocycles. The second-order valence-corrected chi connectivity index (χ2v) is 6.15. The molecular weight excluding hydrogens is 330 g/mol. The minimum Gasteiger partial charge on any atom is -0.480 e. The fourth-order valence-electron chi connectivity index (χ4n) is 1.40. The summed E-state index contributed by atoms with van der Waals surface area (Å²) >= 11 is 4.86. The van der Waals surface area contributed by atoms with Crippen molar-refractivity contribution in [1.29, 1.82) is 0 Å². The monoisotopic (exact) mass is 345 g/mol. The Bertz CT molecular complexity index is 505. The van der Waals surface area contributed by atoms with Crippen LogP contribution < -0.4 is 5.32 Å². The summed E-state index contributed by atoms with van der Waals surface area (Å²) < 4.78 is 1.04. The van der Waals surface area contributed by atoms with Crippen molar-refractivity contribution in [2.45, 2.75) is 31.7 Å². The van der Waals surface area contributed by atoms with Crippen molar-refractivity contribution in [1.82, 2.24) is 5.32 Å². The van der Waals surface area contributed by atoms with Crippen molar-refractivity contribution in [3.63, 3.8) is 0 Å². The van der Waals surface area contributed by atoms with Crippen molar-refractivity contribution in [2.24, 2.45) is 0 Å². The molecule has 1 rings (SSSR count). The number of amides is 1. The van der Waals surface area contributed by atoms with Crippen LogP contribution in [0.3, 0.4) is 0 Å². The number of rotatable bonds is 5. The van der Waals surface area contributed by atoms with Gasteiger partial charge in [0.15, 0.2) is 0 Å². The number of benzene rings is 1. The van der Waals surface area contributed by atoms with Crippen LogP contribution in [-0.4, -0.2) is 28.8 Å². The van der Waals surface area contributed by atoms with Crippen LogP contribution in [0.1, 0.15) is 18.1 Å². The van der Waals surface area contributed by atoms with Gasteiger partial charge in [-0.3, -0.25) is 9.59 Å². The first-order valence-corrected chi connectivity index (χ1v) is 7.51. The number of carbonyl (C=O) groups is 2. The number of carboxylic acids is 1. The van der Waals surface area contributed by atoms with E-state index in [1.54, 1.807) is 0 Å². The maximum Gasteiger partial charge on any atom is 0.325 e. The Morgan fingerprint density at radius 3 is 2.58 bits per heavy atom. The van der Waals surface area contributed by atoms with Crippen LogP contribution in [0.4, 0.5) is 0 Å². The predicted octanol–water partition coefficient (Wildman–Crippen LogP) is 2.75. The number of carbonyl (C=O) groups excluding carboxylic acids is 1. The van der Waals surface area contributed by atoms with Gasteiger partial charge in [0, 0.05) is 9.37 Å². The van der Waals surface area contributed by atoms with Gasteiger partial charge in [-0.25, -0.2) is 0 Å². The summed E-state index contributed by atoms with van der Waals surface area (Å²) in [4.78, 5) is 23.2. The summed E-state index contributed by atoms with van der Waals surface area (Å²) in [6, 6.07) is 3.16. The molecule has 104 valence electrons. The van der Waals surface area contributed by atoms with E-state index >= 15 is 0 Å².